The Hall–Kier alpha value is -1.33. The minimum Gasteiger partial charge on any atom is -0.494 e. The second kappa shape index (κ2) is 8.20. The van der Waals surface area contributed by atoms with Gasteiger partial charge < -0.3 is 10.1 Å². The van der Waals surface area contributed by atoms with Crippen molar-refractivity contribution in [2.45, 2.75) is 12.8 Å². The molecule has 0 saturated heterocycles. The third-order valence-corrected chi connectivity index (χ3v) is 3.76. The van der Waals surface area contributed by atoms with Gasteiger partial charge in [-0.15, -0.1) is 0 Å². The summed E-state index contributed by atoms with van der Waals surface area (Å²) in [5.41, 5.74) is 0.802. The van der Waals surface area contributed by atoms with E-state index in [0.717, 1.165) is 20.4 Å². The number of hydrogen-bond acceptors (Lipinski definition) is 2. The smallest absolute Gasteiger partial charge is 0.224 e. The van der Waals surface area contributed by atoms with Gasteiger partial charge in [0.25, 0.3) is 0 Å². The highest BCUT2D eigenvalue weighted by Crippen LogP contribution is 2.18. The molecule has 0 aliphatic carbocycles. The molecule has 1 amide bonds. The molecule has 2 aromatic rings. The van der Waals surface area contributed by atoms with Gasteiger partial charge in [0.05, 0.1) is 6.61 Å². The van der Waals surface area contributed by atoms with Gasteiger partial charge in [0, 0.05) is 21.1 Å². The van der Waals surface area contributed by atoms with Gasteiger partial charge in [0.1, 0.15) is 5.75 Å². The molecule has 2 aromatic carbocycles. The molecule has 5 heteroatoms. The van der Waals surface area contributed by atoms with E-state index in [1.807, 2.05) is 48.5 Å². The summed E-state index contributed by atoms with van der Waals surface area (Å²) in [5.74, 6) is 0.799. The second-order valence-electron chi connectivity index (χ2n) is 4.46. The van der Waals surface area contributed by atoms with Crippen LogP contribution in [0, 0.1) is 0 Å². The number of benzene rings is 2. The first-order chi connectivity index (χ1) is 10.1. The van der Waals surface area contributed by atoms with Gasteiger partial charge in [-0.3, -0.25) is 4.79 Å². The van der Waals surface area contributed by atoms with Crippen molar-refractivity contribution in [2.24, 2.45) is 0 Å². The molecule has 0 unspecified atom stereocenters. The quantitative estimate of drug-likeness (QED) is 0.677. The highest BCUT2D eigenvalue weighted by Gasteiger charge is 2.03. The van der Waals surface area contributed by atoms with Crippen molar-refractivity contribution in [2.75, 3.05) is 11.9 Å². The molecular weight excluding hydrogens is 398 g/mol. The van der Waals surface area contributed by atoms with Crippen LogP contribution >= 0.6 is 31.9 Å². The summed E-state index contributed by atoms with van der Waals surface area (Å²) in [7, 11) is 0. The topological polar surface area (TPSA) is 38.3 Å². The fourth-order valence-corrected chi connectivity index (χ4v) is 2.38. The number of carbonyl (C=O) groups is 1. The Morgan fingerprint density at radius 3 is 2.52 bits per heavy atom. The lowest BCUT2D eigenvalue weighted by atomic mass is 10.2. The van der Waals surface area contributed by atoms with Gasteiger partial charge in [-0.05, 0) is 48.9 Å². The van der Waals surface area contributed by atoms with E-state index in [1.165, 1.54) is 0 Å². The number of nitrogens with one attached hydrogen (secondary N) is 1. The summed E-state index contributed by atoms with van der Waals surface area (Å²) in [6.07, 6.45) is 1.11. The Morgan fingerprint density at radius 1 is 1.05 bits per heavy atom. The van der Waals surface area contributed by atoms with Crippen molar-refractivity contribution in [1.82, 2.24) is 0 Å². The zero-order valence-electron chi connectivity index (χ0n) is 11.3. The maximum absolute atomic E-state index is 11.8. The third kappa shape index (κ3) is 5.89. The summed E-state index contributed by atoms with van der Waals surface area (Å²) in [6.45, 7) is 0.518. The first kappa shape index (κ1) is 16.0. The number of hydrogen-bond donors (Lipinski definition) is 1. The largest absolute Gasteiger partial charge is 0.494 e. The molecule has 0 aliphatic heterocycles. The first-order valence-electron chi connectivity index (χ1n) is 6.57. The zero-order chi connectivity index (χ0) is 15.1. The van der Waals surface area contributed by atoms with Crippen LogP contribution in [-0.4, -0.2) is 12.5 Å². The Labute approximate surface area is 141 Å². The molecule has 0 aliphatic rings. The van der Waals surface area contributed by atoms with Crippen LogP contribution < -0.4 is 10.1 Å². The first-order valence-corrected chi connectivity index (χ1v) is 8.16. The van der Waals surface area contributed by atoms with Gasteiger partial charge >= 0.3 is 0 Å². The van der Waals surface area contributed by atoms with Crippen molar-refractivity contribution in [1.29, 1.82) is 0 Å². The molecule has 0 bridgehead atoms. The number of carbonyl (C=O) groups excluding carboxylic acids is 1. The van der Waals surface area contributed by atoms with Crippen molar-refractivity contribution in [3.63, 3.8) is 0 Å². The summed E-state index contributed by atoms with van der Waals surface area (Å²) >= 11 is 6.75. The molecule has 0 heterocycles. The summed E-state index contributed by atoms with van der Waals surface area (Å²) < 4.78 is 7.56. The second-order valence-corrected chi connectivity index (χ2v) is 6.30. The van der Waals surface area contributed by atoms with Crippen molar-refractivity contribution in [3.05, 3.63) is 57.5 Å². The fraction of sp³-hybridized carbons (Fsp3) is 0.188. The van der Waals surface area contributed by atoms with E-state index in [9.17, 15) is 4.79 Å². The minimum atomic E-state index is -0.00448. The lowest BCUT2D eigenvalue weighted by Crippen LogP contribution is -2.12. The summed E-state index contributed by atoms with van der Waals surface area (Å²) in [5, 5.41) is 2.85. The Bertz CT molecular complexity index is 599. The van der Waals surface area contributed by atoms with Crippen LogP contribution in [0.1, 0.15) is 12.8 Å². The number of ether oxygens (including phenoxy) is 1. The monoisotopic (exact) mass is 411 g/mol. The Balaban J connectivity index is 1.68. The molecule has 0 atom stereocenters. The Morgan fingerprint density at radius 2 is 1.81 bits per heavy atom. The maximum atomic E-state index is 11.8. The van der Waals surface area contributed by atoms with E-state index in [4.69, 9.17) is 4.74 Å². The molecule has 0 saturated carbocycles. The highest BCUT2D eigenvalue weighted by atomic mass is 79.9. The van der Waals surface area contributed by atoms with Crippen molar-refractivity contribution in [3.8, 4) is 5.75 Å². The molecule has 3 nitrogen and oxygen atoms in total. The molecule has 110 valence electrons. The van der Waals surface area contributed by atoms with E-state index >= 15 is 0 Å². The average molecular weight is 413 g/mol. The van der Waals surface area contributed by atoms with Crippen LogP contribution in [0.25, 0.3) is 0 Å². The SMILES string of the molecule is O=C(CCCOc1cccc(Br)c1)Nc1ccc(Br)cc1. The third-order valence-electron chi connectivity index (χ3n) is 2.74. The molecule has 0 spiro atoms. The minimum absolute atomic E-state index is 0.00448. The summed E-state index contributed by atoms with van der Waals surface area (Å²) in [4.78, 5) is 11.8. The lowest BCUT2D eigenvalue weighted by molar-refractivity contribution is -0.116. The van der Waals surface area contributed by atoms with Crippen LogP contribution in [0.2, 0.25) is 0 Å². The van der Waals surface area contributed by atoms with E-state index in [0.29, 0.717) is 19.4 Å². The zero-order valence-corrected chi connectivity index (χ0v) is 14.5. The molecule has 0 radical (unpaired) electrons. The van der Waals surface area contributed by atoms with E-state index in [2.05, 4.69) is 37.2 Å². The van der Waals surface area contributed by atoms with Crippen LogP contribution in [0.3, 0.4) is 0 Å². The van der Waals surface area contributed by atoms with Gasteiger partial charge in [0.2, 0.25) is 5.91 Å². The van der Waals surface area contributed by atoms with Gasteiger partial charge in [-0.25, -0.2) is 0 Å². The number of amides is 1. The lowest BCUT2D eigenvalue weighted by Gasteiger charge is -2.07. The van der Waals surface area contributed by atoms with Gasteiger partial charge in [-0.2, -0.15) is 0 Å². The molecule has 0 fully saturated rings. The predicted molar refractivity (Wildman–Crippen MR) is 91.6 cm³/mol. The Kier molecular flexibility index (Phi) is 6.26. The molecule has 21 heavy (non-hydrogen) atoms. The number of anilines is 1. The standard InChI is InChI=1S/C16H15Br2NO2/c17-12-6-8-14(9-7-12)19-16(20)5-2-10-21-15-4-1-3-13(18)11-15/h1,3-4,6-9,11H,2,5,10H2,(H,19,20). The van der Waals surface area contributed by atoms with E-state index < -0.39 is 0 Å². The van der Waals surface area contributed by atoms with Crippen LogP contribution in [0.15, 0.2) is 57.5 Å². The van der Waals surface area contributed by atoms with Gasteiger partial charge in [0.15, 0.2) is 0 Å². The van der Waals surface area contributed by atoms with Gasteiger partial charge in [-0.1, -0.05) is 37.9 Å². The number of rotatable bonds is 6. The van der Waals surface area contributed by atoms with Crippen molar-refractivity contribution < 1.29 is 9.53 Å². The van der Waals surface area contributed by atoms with Crippen LogP contribution in [0.5, 0.6) is 5.75 Å². The summed E-state index contributed by atoms with van der Waals surface area (Å²) in [6, 6.07) is 15.2. The normalized spacial score (nSPS) is 10.2. The fourth-order valence-electron chi connectivity index (χ4n) is 1.74. The molecule has 0 aromatic heterocycles. The number of halogens is 2. The predicted octanol–water partition coefficient (Wildman–Crippen LogP) is 5.01. The van der Waals surface area contributed by atoms with Crippen LogP contribution in [0.4, 0.5) is 5.69 Å². The van der Waals surface area contributed by atoms with E-state index in [-0.39, 0.29) is 5.91 Å². The average Bonchev–Trinajstić information content (AvgIpc) is 2.46. The molecule has 1 N–H and O–H groups in total. The highest BCUT2D eigenvalue weighted by molar-refractivity contribution is 9.10. The van der Waals surface area contributed by atoms with Crippen molar-refractivity contribution >= 4 is 43.5 Å². The maximum Gasteiger partial charge on any atom is 0.224 e. The van der Waals surface area contributed by atoms with E-state index in [1.54, 1.807) is 0 Å². The molecular formula is C16H15Br2NO2. The molecule has 2 rings (SSSR count). The van der Waals surface area contributed by atoms with Crippen LogP contribution in [-0.2, 0) is 4.79 Å².